The second kappa shape index (κ2) is 7.83. The first kappa shape index (κ1) is 18.5. The molecule has 0 radical (unpaired) electrons. The molecule has 0 spiro atoms. The van der Waals surface area contributed by atoms with E-state index < -0.39 is 17.6 Å². The van der Waals surface area contributed by atoms with Gasteiger partial charge in [-0.1, -0.05) is 0 Å². The van der Waals surface area contributed by atoms with E-state index in [1.165, 1.54) is 6.07 Å². The van der Waals surface area contributed by atoms with Gasteiger partial charge in [0.1, 0.15) is 0 Å². The van der Waals surface area contributed by atoms with Crippen LogP contribution >= 0.6 is 22.6 Å². The molecule has 1 saturated heterocycles. The molecule has 1 N–H and O–H groups in total. The number of alkyl halides is 3. The summed E-state index contributed by atoms with van der Waals surface area (Å²) in [5.41, 5.74) is -0.725. The molecule has 1 heterocycles. The lowest BCUT2D eigenvalue weighted by atomic mass is 9.94. The fourth-order valence-corrected chi connectivity index (χ4v) is 3.40. The van der Waals surface area contributed by atoms with E-state index in [0.717, 1.165) is 44.5 Å². The van der Waals surface area contributed by atoms with Gasteiger partial charge in [0, 0.05) is 15.7 Å². The van der Waals surface area contributed by atoms with Gasteiger partial charge >= 0.3 is 6.18 Å². The highest BCUT2D eigenvalue weighted by molar-refractivity contribution is 14.1. The number of benzene rings is 1. The van der Waals surface area contributed by atoms with Gasteiger partial charge < -0.3 is 10.2 Å². The number of hydrogen-bond acceptors (Lipinski definition) is 2. The van der Waals surface area contributed by atoms with E-state index in [4.69, 9.17) is 0 Å². The van der Waals surface area contributed by atoms with E-state index in [0.29, 0.717) is 16.0 Å². The van der Waals surface area contributed by atoms with Crippen LogP contribution in [0.25, 0.3) is 0 Å². The molecule has 0 aliphatic carbocycles. The number of carbonyl (C=O) groups excluding carboxylic acids is 1. The summed E-state index contributed by atoms with van der Waals surface area (Å²) in [6, 6.07) is 3.42. The highest BCUT2D eigenvalue weighted by Gasteiger charge is 2.31. The number of nitrogens with one attached hydrogen (secondary N) is 1. The Labute approximate surface area is 147 Å². The summed E-state index contributed by atoms with van der Waals surface area (Å²) in [5, 5.41) is 2.74. The van der Waals surface area contributed by atoms with Crippen LogP contribution in [0.3, 0.4) is 0 Å². The average molecular weight is 440 g/mol. The van der Waals surface area contributed by atoms with Gasteiger partial charge in [0.25, 0.3) is 5.91 Å². The van der Waals surface area contributed by atoms with Crippen molar-refractivity contribution in [2.24, 2.45) is 5.92 Å². The molecule has 1 aromatic carbocycles. The van der Waals surface area contributed by atoms with Crippen LogP contribution in [0.4, 0.5) is 13.2 Å². The molecule has 0 saturated carbocycles. The number of carbonyl (C=O) groups is 1. The third-order valence-electron chi connectivity index (χ3n) is 4.16. The number of piperidine rings is 1. The van der Waals surface area contributed by atoms with Crippen molar-refractivity contribution < 1.29 is 18.0 Å². The molecule has 2 rings (SSSR count). The van der Waals surface area contributed by atoms with E-state index in [-0.39, 0.29) is 5.56 Å². The molecule has 23 heavy (non-hydrogen) atoms. The van der Waals surface area contributed by atoms with Crippen LogP contribution in [-0.4, -0.2) is 37.5 Å². The van der Waals surface area contributed by atoms with Crippen molar-refractivity contribution in [1.82, 2.24) is 10.2 Å². The quantitative estimate of drug-likeness (QED) is 0.724. The van der Waals surface area contributed by atoms with Gasteiger partial charge in [-0.25, -0.2) is 0 Å². The zero-order chi connectivity index (χ0) is 17.0. The lowest BCUT2D eigenvalue weighted by Gasteiger charge is -2.28. The topological polar surface area (TPSA) is 32.3 Å². The minimum absolute atomic E-state index is 0.0626. The molecule has 1 amide bonds. The molecule has 7 heteroatoms. The van der Waals surface area contributed by atoms with Gasteiger partial charge in [0.05, 0.1) is 5.56 Å². The van der Waals surface area contributed by atoms with Crippen LogP contribution in [-0.2, 0) is 6.18 Å². The van der Waals surface area contributed by atoms with Gasteiger partial charge in [-0.15, -0.1) is 0 Å². The Morgan fingerprint density at radius 2 is 1.96 bits per heavy atom. The van der Waals surface area contributed by atoms with E-state index in [9.17, 15) is 18.0 Å². The van der Waals surface area contributed by atoms with Crippen molar-refractivity contribution >= 4 is 28.5 Å². The van der Waals surface area contributed by atoms with E-state index in [1.807, 2.05) is 0 Å². The summed E-state index contributed by atoms with van der Waals surface area (Å²) in [6.45, 7) is 2.62. The van der Waals surface area contributed by atoms with Crippen molar-refractivity contribution in [2.45, 2.75) is 25.4 Å². The summed E-state index contributed by atoms with van der Waals surface area (Å²) < 4.78 is 38.8. The summed E-state index contributed by atoms with van der Waals surface area (Å²) in [6.07, 6.45) is -1.36. The third-order valence-corrected chi connectivity index (χ3v) is 4.79. The predicted octanol–water partition coefficient (Wildman–Crippen LogP) is 3.77. The normalized spacial score (nSPS) is 17.3. The van der Waals surface area contributed by atoms with E-state index in [1.54, 1.807) is 22.6 Å². The SMILES string of the molecule is CN1CCC(CCNC(=O)c2cc(I)cc(C(F)(F)F)c2)CC1. The van der Waals surface area contributed by atoms with E-state index >= 15 is 0 Å². The van der Waals surface area contributed by atoms with Crippen molar-refractivity contribution in [3.05, 3.63) is 32.9 Å². The molecule has 1 fully saturated rings. The Morgan fingerprint density at radius 1 is 1.30 bits per heavy atom. The molecule has 1 aromatic rings. The molecule has 0 aromatic heterocycles. The zero-order valence-corrected chi connectivity index (χ0v) is 15.1. The van der Waals surface area contributed by atoms with Gasteiger partial charge in [0.2, 0.25) is 0 Å². The molecule has 0 bridgehead atoms. The second-order valence-electron chi connectivity index (χ2n) is 6.02. The van der Waals surface area contributed by atoms with Crippen LogP contribution in [0.15, 0.2) is 18.2 Å². The second-order valence-corrected chi connectivity index (χ2v) is 7.26. The van der Waals surface area contributed by atoms with E-state index in [2.05, 4.69) is 17.3 Å². The Hall–Kier alpha value is -0.830. The largest absolute Gasteiger partial charge is 0.416 e. The molecule has 1 aliphatic rings. The Balaban J connectivity index is 1.89. The highest BCUT2D eigenvalue weighted by atomic mass is 127. The van der Waals surface area contributed by atoms with Crippen molar-refractivity contribution in [1.29, 1.82) is 0 Å². The number of rotatable bonds is 4. The molecular formula is C16H20F3IN2O. The van der Waals surface area contributed by atoms with Gasteiger partial charge in [0.15, 0.2) is 0 Å². The Morgan fingerprint density at radius 3 is 2.57 bits per heavy atom. The van der Waals surface area contributed by atoms with Gasteiger partial charge in [-0.3, -0.25) is 4.79 Å². The lowest BCUT2D eigenvalue weighted by Crippen LogP contribution is -2.32. The van der Waals surface area contributed by atoms with Crippen molar-refractivity contribution in [3.8, 4) is 0 Å². The summed E-state index contributed by atoms with van der Waals surface area (Å²) >= 11 is 1.79. The number of amides is 1. The minimum Gasteiger partial charge on any atom is -0.352 e. The first-order valence-electron chi connectivity index (χ1n) is 7.60. The fraction of sp³-hybridized carbons (Fsp3) is 0.562. The first-order valence-corrected chi connectivity index (χ1v) is 8.68. The number of hydrogen-bond donors (Lipinski definition) is 1. The maximum Gasteiger partial charge on any atom is 0.416 e. The predicted molar refractivity (Wildman–Crippen MR) is 91.3 cm³/mol. The fourth-order valence-electron chi connectivity index (χ4n) is 2.73. The van der Waals surface area contributed by atoms with Crippen molar-refractivity contribution in [3.63, 3.8) is 0 Å². The molecule has 3 nitrogen and oxygen atoms in total. The summed E-state index contributed by atoms with van der Waals surface area (Å²) in [4.78, 5) is 14.4. The summed E-state index contributed by atoms with van der Waals surface area (Å²) in [5.74, 6) is 0.134. The minimum atomic E-state index is -4.44. The highest BCUT2D eigenvalue weighted by Crippen LogP contribution is 2.31. The molecule has 0 unspecified atom stereocenters. The van der Waals surface area contributed by atoms with Crippen LogP contribution in [0, 0.1) is 9.49 Å². The first-order chi connectivity index (χ1) is 10.8. The molecular weight excluding hydrogens is 420 g/mol. The number of halogens is 4. The standard InChI is InChI=1S/C16H20F3IN2O/c1-22-6-3-11(4-7-22)2-5-21-15(23)12-8-13(16(17,18)19)10-14(20)9-12/h8-11H,2-7H2,1H3,(H,21,23). The zero-order valence-electron chi connectivity index (χ0n) is 12.9. The number of nitrogens with zero attached hydrogens (tertiary/aromatic N) is 1. The van der Waals surface area contributed by atoms with Gasteiger partial charge in [-0.05, 0) is 86.1 Å². The third kappa shape index (κ3) is 5.63. The monoisotopic (exact) mass is 440 g/mol. The van der Waals surface area contributed by atoms with Crippen molar-refractivity contribution in [2.75, 3.05) is 26.7 Å². The average Bonchev–Trinajstić information content (AvgIpc) is 2.47. The molecule has 128 valence electrons. The van der Waals surface area contributed by atoms with Crippen LogP contribution in [0.1, 0.15) is 35.2 Å². The summed E-state index contributed by atoms with van der Waals surface area (Å²) in [7, 11) is 2.09. The maximum atomic E-state index is 12.8. The maximum absolute atomic E-state index is 12.8. The lowest BCUT2D eigenvalue weighted by molar-refractivity contribution is -0.137. The molecule has 0 atom stereocenters. The van der Waals surface area contributed by atoms with Crippen LogP contribution in [0.2, 0.25) is 0 Å². The Bertz CT molecular complexity index is 555. The Kier molecular flexibility index (Phi) is 6.30. The van der Waals surface area contributed by atoms with Crippen LogP contribution < -0.4 is 5.32 Å². The smallest absolute Gasteiger partial charge is 0.352 e. The van der Waals surface area contributed by atoms with Crippen LogP contribution in [0.5, 0.6) is 0 Å². The number of likely N-dealkylation sites (tertiary alicyclic amines) is 1. The van der Waals surface area contributed by atoms with Gasteiger partial charge in [-0.2, -0.15) is 13.2 Å². The molecule has 1 aliphatic heterocycles.